The SMILES string of the molecule is Cc1ccc(CNc2cc3n[nH]c(=O)n3cn2)s1. The fraction of sp³-hybridized carbons (Fsp3) is 0.182. The van der Waals surface area contributed by atoms with Crippen molar-refractivity contribution < 1.29 is 0 Å². The number of H-pyrrole nitrogens is 1. The van der Waals surface area contributed by atoms with E-state index in [4.69, 9.17) is 0 Å². The quantitative estimate of drug-likeness (QED) is 0.747. The molecule has 0 aliphatic rings. The predicted molar refractivity (Wildman–Crippen MR) is 70.0 cm³/mol. The second-order valence-electron chi connectivity index (χ2n) is 3.90. The van der Waals surface area contributed by atoms with Gasteiger partial charge in [0.25, 0.3) is 0 Å². The molecule has 0 spiro atoms. The van der Waals surface area contributed by atoms with Crippen molar-refractivity contribution in [2.75, 3.05) is 5.32 Å². The smallest absolute Gasteiger partial charge is 0.348 e. The minimum absolute atomic E-state index is 0.280. The van der Waals surface area contributed by atoms with E-state index in [1.165, 1.54) is 20.5 Å². The summed E-state index contributed by atoms with van der Waals surface area (Å²) in [5.74, 6) is 0.701. The minimum Gasteiger partial charge on any atom is -0.365 e. The van der Waals surface area contributed by atoms with E-state index >= 15 is 0 Å². The summed E-state index contributed by atoms with van der Waals surface area (Å²) in [6, 6.07) is 5.91. The Balaban J connectivity index is 1.80. The Morgan fingerprint density at radius 2 is 2.39 bits per heavy atom. The maximum atomic E-state index is 11.3. The highest BCUT2D eigenvalue weighted by molar-refractivity contribution is 7.11. The lowest BCUT2D eigenvalue weighted by molar-refractivity contribution is 0.992. The van der Waals surface area contributed by atoms with Crippen LogP contribution in [0.2, 0.25) is 0 Å². The third kappa shape index (κ3) is 2.00. The van der Waals surface area contributed by atoms with Crippen LogP contribution in [0.5, 0.6) is 0 Å². The zero-order chi connectivity index (χ0) is 12.5. The number of hydrogen-bond donors (Lipinski definition) is 2. The molecule has 0 atom stereocenters. The zero-order valence-electron chi connectivity index (χ0n) is 9.67. The largest absolute Gasteiger partial charge is 0.365 e. The first-order valence-electron chi connectivity index (χ1n) is 5.44. The molecule has 0 bridgehead atoms. The summed E-state index contributed by atoms with van der Waals surface area (Å²) in [6.07, 6.45) is 1.46. The lowest BCUT2D eigenvalue weighted by atomic mass is 10.4. The van der Waals surface area contributed by atoms with Crippen LogP contribution in [0.4, 0.5) is 5.82 Å². The lowest BCUT2D eigenvalue weighted by Gasteiger charge is -2.03. The van der Waals surface area contributed by atoms with E-state index in [9.17, 15) is 4.79 Å². The summed E-state index contributed by atoms with van der Waals surface area (Å²) in [5.41, 5.74) is 0.276. The average molecular weight is 261 g/mol. The van der Waals surface area contributed by atoms with Gasteiger partial charge in [0.15, 0.2) is 5.65 Å². The van der Waals surface area contributed by atoms with Crippen molar-refractivity contribution in [2.45, 2.75) is 13.5 Å². The molecule has 3 heterocycles. The topological polar surface area (TPSA) is 75.1 Å². The van der Waals surface area contributed by atoms with E-state index in [0.29, 0.717) is 11.5 Å². The van der Waals surface area contributed by atoms with Crippen LogP contribution < -0.4 is 11.0 Å². The molecule has 3 aromatic heterocycles. The first-order chi connectivity index (χ1) is 8.72. The second kappa shape index (κ2) is 4.26. The van der Waals surface area contributed by atoms with Crippen LogP contribution in [0, 0.1) is 6.92 Å². The number of nitrogens with one attached hydrogen (secondary N) is 2. The summed E-state index contributed by atoms with van der Waals surface area (Å²) < 4.78 is 1.36. The van der Waals surface area contributed by atoms with E-state index in [-0.39, 0.29) is 5.69 Å². The van der Waals surface area contributed by atoms with Crippen molar-refractivity contribution in [3.63, 3.8) is 0 Å². The van der Waals surface area contributed by atoms with Gasteiger partial charge >= 0.3 is 5.69 Å². The van der Waals surface area contributed by atoms with Gasteiger partial charge in [0.2, 0.25) is 0 Å². The lowest BCUT2D eigenvalue weighted by Crippen LogP contribution is -2.10. The molecular formula is C11H11N5OS. The van der Waals surface area contributed by atoms with Crippen LogP contribution >= 0.6 is 11.3 Å². The van der Waals surface area contributed by atoms with Gasteiger partial charge in [-0.05, 0) is 19.1 Å². The Hall–Kier alpha value is -2.15. The van der Waals surface area contributed by atoms with Gasteiger partial charge in [0.05, 0.1) is 6.54 Å². The van der Waals surface area contributed by atoms with Crippen LogP contribution in [-0.4, -0.2) is 19.6 Å². The number of hydrogen-bond acceptors (Lipinski definition) is 5. The fourth-order valence-corrected chi connectivity index (χ4v) is 2.49. The highest BCUT2D eigenvalue weighted by Gasteiger charge is 2.02. The molecule has 6 nitrogen and oxygen atoms in total. The number of nitrogens with zero attached hydrogens (tertiary/aromatic N) is 3. The van der Waals surface area contributed by atoms with Crippen molar-refractivity contribution in [3.8, 4) is 0 Å². The number of fused-ring (bicyclic) bond motifs is 1. The Morgan fingerprint density at radius 3 is 3.17 bits per heavy atom. The molecule has 0 unspecified atom stereocenters. The Bertz CT molecular complexity index is 741. The highest BCUT2D eigenvalue weighted by Crippen LogP contribution is 2.16. The van der Waals surface area contributed by atoms with E-state index in [2.05, 4.69) is 39.6 Å². The van der Waals surface area contributed by atoms with Crippen LogP contribution in [0.3, 0.4) is 0 Å². The van der Waals surface area contributed by atoms with Crippen molar-refractivity contribution in [1.82, 2.24) is 19.6 Å². The van der Waals surface area contributed by atoms with Gasteiger partial charge in [-0.1, -0.05) is 0 Å². The standard InChI is InChI=1S/C11H11N5OS/c1-7-2-3-8(18-7)5-12-9-4-10-14-15-11(17)16(10)6-13-9/h2-4,6,12H,5H2,1H3,(H,15,17). The molecule has 0 aliphatic heterocycles. The summed E-state index contributed by atoms with van der Waals surface area (Å²) in [7, 11) is 0. The molecule has 18 heavy (non-hydrogen) atoms. The summed E-state index contributed by atoms with van der Waals surface area (Å²) >= 11 is 1.75. The van der Waals surface area contributed by atoms with Gasteiger partial charge in [0, 0.05) is 15.8 Å². The highest BCUT2D eigenvalue weighted by atomic mass is 32.1. The van der Waals surface area contributed by atoms with Crippen LogP contribution in [0.15, 0.2) is 29.3 Å². The monoisotopic (exact) mass is 261 g/mol. The number of aryl methyl sites for hydroxylation is 1. The van der Waals surface area contributed by atoms with Crippen molar-refractivity contribution >= 4 is 22.8 Å². The summed E-state index contributed by atoms with van der Waals surface area (Å²) in [4.78, 5) is 17.9. The molecule has 0 saturated carbocycles. The molecule has 0 radical (unpaired) electrons. The van der Waals surface area contributed by atoms with Crippen molar-refractivity contribution in [3.05, 3.63) is 44.8 Å². The van der Waals surface area contributed by atoms with E-state index in [0.717, 1.165) is 6.54 Å². The van der Waals surface area contributed by atoms with Crippen molar-refractivity contribution in [1.29, 1.82) is 0 Å². The van der Waals surface area contributed by atoms with Gasteiger partial charge in [-0.15, -0.1) is 11.3 Å². The maximum absolute atomic E-state index is 11.3. The van der Waals surface area contributed by atoms with Crippen LogP contribution in [-0.2, 0) is 6.54 Å². The van der Waals surface area contributed by atoms with Crippen LogP contribution in [0.25, 0.3) is 5.65 Å². The Kier molecular flexibility index (Phi) is 2.60. The molecule has 0 amide bonds. The molecular weight excluding hydrogens is 250 g/mol. The summed E-state index contributed by atoms with van der Waals surface area (Å²) in [5, 5.41) is 9.46. The normalized spacial score (nSPS) is 10.9. The molecule has 0 aromatic carbocycles. The van der Waals surface area contributed by atoms with Gasteiger partial charge in [-0.3, -0.25) is 0 Å². The molecule has 2 N–H and O–H groups in total. The summed E-state index contributed by atoms with van der Waals surface area (Å²) in [6.45, 7) is 2.80. The molecule has 0 saturated heterocycles. The number of aromatic nitrogens is 4. The number of thiophene rings is 1. The van der Waals surface area contributed by atoms with Gasteiger partial charge in [-0.25, -0.2) is 19.3 Å². The minimum atomic E-state index is -0.280. The van der Waals surface area contributed by atoms with Crippen LogP contribution in [0.1, 0.15) is 9.75 Å². The predicted octanol–water partition coefficient (Wildman–Crippen LogP) is 1.40. The number of anilines is 1. The first-order valence-corrected chi connectivity index (χ1v) is 6.26. The van der Waals surface area contributed by atoms with Crippen molar-refractivity contribution in [2.24, 2.45) is 0 Å². The van der Waals surface area contributed by atoms with E-state index in [1.54, 1.807) is 17.4 Å². The van der Waals surface area contributed by atoms with Gasteiger partial charge in [0.1, 0.15) is 12.1 Å². The molecule has 7 heteroatoms. The molecule has 3 aromatic rings. The number of rotatable bonds is 3. The fourth-order valence-electron chi connectivity index (χ4n) is 1.66. The van der Waals surface area contributed by atoms with Gasteiger partial charge in [-0.2, -0.15) is 5.10 Å². The number of aromatic amines is 1. The average Bonchev–Trinajstić information content (AvgIpc) is 2.94. The van der Waals surface area contributed by atoms with E-state index < -0.39 is 0 Å². The third-order valence-electron chi connectivity index (χ3n) is 2.55. The molecule has 3 rings (SSSR count). The third-order valence-corrected chi connectivity index (χ3v) is 3.55. The molecule has 0 aliphatic carbocycles. The Labute approximate surface area is 106 Å². The first kappa shape index (κ1) is 11.0. The Morgan fingerprint density at radius 1 is 1.50 bits per heavy atom. The van der Waals surface area contributed by atoms with Gasteiger partial charge < -0.3 is 5.32 Å². The van der Waals surface area contributed by atoms with E-state index in [1.807, 2.05) is 0 Å². The molecule has 92 valence electrons. The second-order valence-corrected chi connectivity index (χ2v) is 5.27. The molecule has 0 fully saturated rings. The maximum Gasteiger partial charge on any atom is 0.348 e. The zero-order valence-corrected chi connectivity index (χ0v) is 10.5.